The SMILES string of the molecule is N#Cc1ccc(S(=O)(=O)N2CCCCCC2CO)c(Cl)c1. The smallest absolute Gasteiger partial charge is 0.244 e. The second kappa shape index (κ2) is 6.75. The van der Waals surface area contributed by atoms with Crippen LogP contribution in [0.5, 0.6) is 0 Å². The zero-order chi connectivity index (χ0) is 15.5. The average Bonchev–Trinajstić information content (AvgIpc) is 2.72. The first-order valence-corrected chi connectivity index (χ1v) is 8.65. The number of aliphatic hydroxyl groups excluding tert-OH is 1. The summed E-state index contributed by atoms with van der Waals surface area (Å²) in [5.41, 5.74) is 0.313. The second-order valence-electron chi connectivity index (χ2n) is 5.06. The van der Waals surface area contributed by atoms with E-state index in [0.29, 0.717) is 18.5 Å². The Kier molecular flexibility index (Phi) is 5.22. The van der Waals surface area contributed by atoms with E-state index in [0.717, 1.165) is 19.3 Å². The number of benzene rings is 1. The molecule has 114 valence electrons. The summed E-state index contributed by atoms with van der Waals surface area (Å²) in [7, 11) is -3.77. The number of hydrogen-bond acceptors (Lipinski definition) is 4. The van der Waals surface area contributed by atoms with Crippen molar-refractivity contribution in [3.8, 4) is 6.07 Å². The van der Waals surface area contributed by atoms with Crippen molar-refractivity contribution in [2.45, 2.75) is 36.6 Å². The Labute approximate surface area is 129 Å². The maximum Gasteiger partial charge on any atom is 0.244 e. The van der Waals surface area contributed by atoms with Crippen LogP contribution in [0.2, 0.25) is 5.02 Å². The Morgan fingerprint density at radius 1 is 1.38 bits per heavy atom. The van der Waals surface area contributed by atoms with Gasteiger partial charge in [0.25, 0.3) is 0 Å². The van der Waals surface area contributed by atoms with Gasteiger partial charge in [-0.15, -0.1) is 0 Å². The van der Waals surface area contributed by atoms with E-state index in [1.54, 1.807) is 0 Å². The Morgan fingerprint density at radius 3 is 2.76 bits per heavy atom. The molecule has 7 heteroatoms. The summed E-state index contributed by atoms with van der Waals surface area (Å²) in [6, 6.07) is 5.65. The van der Waals surface area contributed by atoms with E-state index in [2.05, 4.69) is 0 Å². The Morgan fingerprint density at radius 2 is 2.14 bits per heavy atom. The average molecular weight is 329 g/mol. The largest absolute Gasteiger partial charge is 0.395 e. The van der Waals surface area contributed by atoms with Crippen LogP contribution < -0.4 is 0 Å². The molecule has 5 nitrogen and oxygen atoms in total. The summed E-state index contributed by atoms with van der Waals surface area (Å²) in [5.74, 6) is 0. The molecule has 0 spiro atoms. The molecular weight excluding hydrogens is 312 g/mol. The number of nitrogens with zero attached hydrogens (tertiary/aromatic N) is 2. The first-order valence-electron chi connectivity index (χ1n) is 6.83. The molecule has 1 saturated heterocycles. The normalized spacial score (nSPS) is 20.7. The van der Waals surface area contributed by atoms with Crippen LogP contribution in [0.4, 0.5) is 0 Å². The molecule has 1 aliphatic rings. The maximum absolute atomic E-state index is 12.8. The third-order valence-electron chi connectivity index (χ3n) is 3.68. The number of rotatable bonds is 3. The van der Waals surface area contributed by atoms with Gasteiger partial charge in [-0.2, -0.15) is 9.57 Å². The molecule has 1 unspecified atom stereocenters. The van der Waals surface area contributed by atoms with Crippen molar-refractivity contribution in [1.82, 2.24) is 4.31 Å². The molecule has 2 rings (SSSR count). The zero-order valence-electron chi connectivity index (χ0n) is 11.5. The van der Waals surface area contributed by atoms with Gasteiger partial charge in [0.2, 0.25) is 10.0 Å². The summed E-state index contributed by atoms with van der Waals surface area (Å²) >= 11 is 6.02. The number of halogens is 1. The van der Waals surface area contributed by atoms with Crippen LogP contribution in [0, 0.1) is 11.3 Å². The van der Waals surface area contributed by atoms with Gasteiger partial charge in [-0.1, -0.05) is 24.4 Å². The fourth-order valence-electron chi connectivity index (χ4n) is 2.56. The lowest BCUT2D eigenvalue weighted by molar-refractivity contribution is 0.186. The summed E-state index contributed by atoms with van der Waals surface area (Å²) in [6.45, 7) is 0.178. The van der Waals surface area contributed by atoms with Crippen molar-refractivity contribution in [3.63, 3.8) is 0 Å². The molecule has 1 fully saturated rings. The number of sulfonamides is 1. The lowest BCUT2D eigenvalue weighted by Gasteiger charge is -2.28. The van der Waals surface area contributed by atoms with Gasteiger partial charge in [0.05, 0.1) is 23.3 Å². The number of aliphatic hydroxyl groups is 1. The summed E-state index contributed by atoms with van der Waals surface area (Å²) in [5, 5.41) is 18.3. The van der Waals surface area contributed by atoms with Gasteiger partial charge in [-0.25, -0.2) is 8.42 Å². The quantitative estimate of drug-likeness (QED) is 0.921. The Bertz CT molecular complexity index is 655. The van der Waals surface area contributed by atoms with Gasteiger partial charge in [0.15, 0.2) is 0 Å². The molecular formula is C14H17ClN2O3S. The summed E-state index contributed by atoms with van der Waals surface area (Å²) in [4.78, 5) is -0.0106. The molecule has 1 N–H and O–H groups in total. The van der Waals surface area contributed by atoms with Crippen LogP contribution in [-0.2, 0) is 10.0 Å². The van der Waals surface area contributed by atoms with Crippen LogP contribution in [0.1, 0.15) is 31.2 Å². The first-order chi connectivity index (χ1) is 10.0. The molecule has 0 bridgehead atoms. The van der Waals surface area contributed by atoms with Gasteiger partial charge in [-0.3, -0.25) is 0 Å². The molecule has 21 heavy (non-hydrogen) atoms. The predicted molar refractivity (Wildman–Crippen MR) is 79.4 cm³/mol. The van der Waals surface area contributed by atoms with E-state index < -0.39 is 16.1 Å². The van der Waals surface area contributed by atoms with E-state index in [1.165, 1.54) is 22.5 Å². The highest BCUT2D eigenvalue weighted by Crippen LogP contribution is 2.29. The van der Waals surface area contributed by atoms with E-state index in [4.69, 9.17) is 16.9 Å². The van der Waals surface area contributed by atoms with Crippen LogP contribution in [0.25, 0.3) is 0 Å². The fourth-order valence-corrected chi connectivity index (χ4v) is 4.76. The predicted octanol–water partition coefficient (Wildman–Crippen LogP) is 2.14. The molecule has 1 aromatic carbocycles. The molecule has 0 amide bonds. The van der Waals surface area contributed by atoms with E-state index in [-0.39, 0.29) is 16.5 Å². The van der Waals surface area contributed by atoms with Crippen molar-refractivity contribution in [1.29, 1.82) is 5.26 Å². The molecule has 1 atom stereocenters. The molecule has 0 saturated carbocycles. The van der Waals surface area contributed by atoms with Crippen molar-refractivity contribution in [2.24, 2.45) is 0 Å². The highest BCUT2D eigenvalue weighted by Gasteiger charge is 2.33. The molecule has 0 aliphatic carbocycles. The van der Waals surface area contributed by atoms with Crippen LogP contribution in [0.15, 0.2) is 23.1 Å². The first kappa shape index (κ1) is 16.2. The summed E-state index contributed by atoms with van der Waals surface area (Å²) < 4.78 is 26.9. The minimum atomic E-state index is -3.77. The topological polar surface area (TPSA) is 81.4 Å². The van der Waals surface area contributed by atoms with Crippen LogP contribution in [-0.4, -0.2) is 37.0 Å². The summed E-state index contributed by atoms with van der Waals surface area (Å²) in [6.07, 6.45) is 3.26. The lowest BCUT2D eigenvalue weighted by Crippen LogP contribution is -2.42. The Balaban J connectivity index is 2.42. The van der Waals surface area contributed by atoms with E-state index in [9.17, 15) is 13.5 Å². The lowest BCUT2D eigenvalue weighted by atomic mass is 10.1. The highest BCUT2D eigenvalue weighted by molar-refractivity contribution is 7.89. The van der Waals surface area contributed by atoms with E-state index in [1.807, 2.05) is 6.07 Å². The van der Waals surface area contributed by atoms with Crippen LogP contribution in [0.3, 0.4) is 0 Å². The van der Waals surface area contributed by atoms with Crippen molar-refractivity contribution < 1.29 is 13.5 Å². The van der Waals surface area contributed by atoms with E-state index >= 15 is 0 Å². The zero-order valence-corrected chi connectivity index (χ0v) is 13.1. The van der Waals surface area contributed by atoms with Gasteiger partial charge < -0.3 is 5.11 Å². The molecule has 1 heterocycles. The minimum Gasteiger partial charge on any atom is -0.395 e. The van der Waals surface area contributed by atoms with Crippen molar-refractivity contribution in [3.05, 3.63) is 28.8 Å². The van der Waals surface area contributed by atoms with Gasteiger partial charge in [0.1, 0.15) is 4.90 Å². The minimum absolute atomic E-state index is 0.0106. The second-order valence-corrected chi connectivity index (χ2v) is 7.32. The fraction of sp³-hybridized carbons (Fsp3) is 0.500. The molecule has 0 radical (unpaired) electrons. The standard InChI is InChI=1S/C14H17ClN2O3S/c15-13-8-11(9-16)5-6-14(13)21(19,20)17-7-3-1-2-4-12(17)10-18/h5-6,8,12,18H,1-4,7,10H2. The van der Waals surface area contributed by atoms with Gasteiger partial charge in [0, 0.05) is 12.6 Å². The van der Waals surface area contributed by atoms with Crippen LogP contribution >= 0.6 is 11.6 Å². The van der Waals surface area contributed by atoms with Gasteiger partial charge >= 0.3 is 0 Å². The highest BCUT2D eigenvalue weighted by atomic mass is 35.5. The molecule has 0 aromatic heterocycles. The molecule has 1 aliphatic heterocycles. The third kappa shape index (κ3) is 3.38. The number of nitriles is 1. The maximum atomic E-state index is 12.8. The Hall–Kier alpha value is -1.13. The third-order valence-corrected chi connectivity index (χ3v) is 6.12. The van der Waals surface area contributed by atoms with Gasteiger partial charge in [-0.05, 0) is 31.0 Å². The number of hydrogen-bond donors (Lipinski definition) is 1. The molecule has 1 aromatic rings. The van der Waals surface area contributed by atoms with Crippen molar-refractivity contribution >= 4 is 21.6 Å². The monoisotopic (exact) mass is 328 g/mol. The van der Waals surface area contributed by atoms with Crippen molar-refractivity contribution in [2.75, 3.05) is 13.2 Å².